The number of aromatic hydroxyl groups is 2. The highest BCUT2D eigenvalue weighted by Gasteiger charge is 2.38. The minimum atomic E-state index is -0.392. The number of phenols is 2. The maximum atomic E-state index is 12.3. The lowest BCUT2D eigenvalue weighted by atomic mass is 9.73. The van der Waals surface area contributed by atoms with Crippen molar-refractivity contribution in [3.05, 3.63) is 23.8 Å². The molecule has 0 heterocycles. The van der Waals surface area contributed by atoms with Crippen LogP contribution in [0.15, 0.2) is 18.2 Å². The van der Waals surface area contributed by atoms with E-state index in [4.69, 9.17) is 5.73 Å². The third-order valence-electron chi connectivity index (χ3n) is 4.34. The molecule has 1 fully saturated rings. The smallest absolute Gasteiger partial charge is 0.252 e. The summed E-state index contributed by atoms with van der Waals surface area (Å²) in [5, 5.41) is 21.9. The van der Waals surface area contributed by atoms with Crippen molar-refractivity contribution >= 4 is 5.91 Å². The summed E-state index contributed by atoms with van der Waals surface area (Å²) < 4.78 is 0. The van der Waals surface area contributed by atoms with E-state index < -0.39 is 5.54 Å². The van der Waals surface area contributed by atoms with Crippen LogP contribution in [0.5, 0.6) is 11.5 Å². The molecule has 5 heteroatoms. The molecular formula is C15H22N2O3. The Hall–Kier alpha value is -1.75. The van der Waals surface area contributed by atoms with Crippen LogP contribution in [-0.2, 0) is 0 Å². The van der Waals surface area contributed by atoms with Crippen LogP contribution >= 0.6 is 0 Å². The molecule has 2 atom stereocenters. The average Bonchev–Trinajstić information content (AvgIpc) is 2.40. The summed E-state index contributed by atoms with van der Waals surface area (Å²) in [7, 11) is 0. The lowest BCUT2D eigenvalue weighted by Gasteiger charge is -2.42. The fraction of sp³-hybridized carbons (Fsp3) is 0.533. The quantitative estimate of drug-likeness (QED) is 0.677. The molecule has 2 rings (SSSR count). The Bertz CT molecular complexity index is 484. The number of nitrogens with one attached hydrogen (secondary N) is 1. The van der Waals surface area contributed by atoms with E-state index in [2.05, 4.69) is 12.2 Å². The fourth-order valence-electron chi connectivity index (χ4n) is 2.98. The van der Waals surface area contributed by atoms with Crippen LogP contribution in [0, 0.1) is 5.92 Å². The summed E-state index contributed by atoms with van der Waals surface area (Å²) in [6.07, 6.45) is 4.11. The first-order valence-corrected chi connectivity index (χ1v) is 7.02. The van der Waals surface area contributed by atoms with Gasteiger partial charge in [0.1, 0.15) is 11.5 Å². The van der Waals surface area contributed by atoms with Crippen molar-refractivity contribution in [3.8, 4) is 11.5 Å². The fourth-order valence-corrected chi connectivity index (χ4v) is 2.98. The van der Waals surface area contributed by atoms with Gasteiger partial charge in [-0.3, -0.25) is 4.79 Å². The van der Waals surface area contributed by atoms with E-state index in [1.165, 1.54) is 18.2 Å². The summed E-state index contributed by atoms with van der Waals surface area (Å²) in [5.74, 6) is -0.256. The SMILES string of the molecule is CC1CCCCC1(CN)NC(=O)c1cc(O)cc(O)c1. The van der Waals surface area contributed by atoms with Crippen molar-refractivity contribution in [2.45, 2.75) is 38.1 Å². The molecule has 0 spiro atoms. The Morgan fingerprint density at radius 2 is 2.00 bits per heavy atom. The Labute approximate surface area is 118 Å². The van der Waals surface area contributed by atoms with Crippen LogP contribution < -0.4 is 11.1 Å². The van der Waals surface area contributed by atoms with E-state index >= 15 is 0 Å². The van der Waals surface area contributed by atoms with Crippen LogP contribution in [-0.4, -0.2) is 28.2 Å². The Morgan fingerprint density at radius 3 is 2.55 bits per heavy atom. The number of amides is 1. The molecule has 0 aromatic heterocycles. The molecule has 1 aliphatic rings. The lowest BCUT2D eigenvalue weighted by molar-refractivity contribution is 0.0812. The van der Waals surface area contributed by atoms with Crippen molar-refractivity contribution in [2.75, 3.05) is 6.54 Å². The van der Waals surface area contributed by atoms with Gasteiger partial charge in [-0.25, -0.2) is 0 Å². The second-order valence-corrected chi connectivity index (χ2v) is 5.70. The van der Waals surface area contributed by atoms with Crippen molar-refractivity contribution in [2.24, 2.45) is 11.7 Å². The topological polar surface area (TPSA) is 95.6 Å². The van der Waals surface area contributed by atoms with Gasteiger partial charge in [0.05, 0.1) is 5.54 Å². The highest BCUT2D eigenvalue weighted by molar-refractivity contribution is 5.95. The number of nitrogens with two attached hydrogens (primary N) is 1. The molecule has 110 valence electrons. The maximum absolute atomic E-state index is 12.3. The van der Waals surface area contributed by atoms with Gasteiger partial charge in [-0.1, -0.05) is 19.8 Å². The van der Waals surface area contributed by atoms with E-state index in [0.717, 1.165) is 25.7 Å². The third kappa shape index (κ3) is 2.88. The first kappa shape index (κ1) is 14.7. The minimum absolute atomic E-state index is 0.131. The van der Waals surface area contributed by atoms with Crippen LogP contribution in [0.25, 0.3) is 0 Å². The van der Waals surface area contributed by atoms with Crippen molar-refractivity contribution in [1.82, 2.24) is 5.32 Å². The van der Waals surface area contributed by atoms with Gasteiger partial charge in [-0.05, 0) is 30.9 Å². The Balaban J connectivity index is 2.20. The molecule has 0 saturated heterocycles. The number of carbonyl (C=O) groups excluding carboxylic acids is 1. The number of hydrogen-bond acceptors (Lipinski definition) is 4. The molecule has 5 nitrogen and oxygen atoms in total. The molecule has 2 unspecified atom stereocenters. The van der Waals surface area contributed by atoms with Crippen molar-refractivity contribution in [3.63, 3.8) is 0 Å². The molecule has 5 N–H and O–H groups in total. The minimum Gasteiger partial charge on any atom is -0.508 e. The molecule has 1 aromatic rings. The average molecular weight is 278 g/mol. The molecule has 20 heavy (non-hydrogen) atoms. The predicted molar refractivity (Wildman–Crippen MR) is 76.7 cm³/mol. The molecule has 0 aliphatic heterocycles. The van der Waals surface area contributed by atoms with Crippen LogP contribution in [0.3, 0.4) is 0 Å². The van der Waals surface area contributed by atoms with Crippen molar-refractivity contribution in [1.29, 1.82) is 0 Å². The number of carbonyl (C=O) groups is 1. The number of phenolic OH excluding ortho intramolecular Hbond substituents is 2. The molecule has 1 saturated carbocycles. The monoisotopic (exact) mass is 278 g/mol. The molecule has 0 bridgehead atoms. The van der Waals surface area contributed by atoms with Crippen molar-refractivity contribution < 1.29 is 15.0 Å². The van der Waals surface area contributed by atoms with Crippen LogP contribution in [0.2, 0.25) is 0 Å². The summed E-state index contributed by atoms with van der Waals surface area (Å²) in [4.78, 5) is 12.3. The predicted octanol–water partition coefficient (Wildman–Crippen LogP) is 1.74. The highest BCUT2D eigenvalue weighted by atomic mass is 16.3. The first-order chi connectivity index (χ1) is 9.47. The van der Waals surface area contributed by atoms with E-state index in [1.807, 2.05) is 0 Å². The van der Waals surface area contributed by atoms with E-state index in [0.29, 0.717) is 12.5 Å². The summed E-state index contributed by atoms with van der Waals surface area (Å²) in [6.45, 7) is 2.50. The van der Waals surface area contributed by atoms with E-state index in [9.17, 15) is 15.0 Å². The van der Waals surface area contributed by atoms with Gasteiger partial charge in [0, 0.05) is 18.2 Å². The third-order valence-corrected chi connectivity index (χ3v) is 4.34. The standard InChI is InChI=1S/C15H22N2O3/c1-10-4-2-3-5-15(10,9-16)17-14(20)11-6-12(18)8-13(19)7-11/h6-8,10,18-19H,2-5,9,16H2,1H3,(H,17,20). The lowest BCUT2D eigenvalue weighted by Crippen LogP contribution is -2.59. The number of rotatable bonds is 3. The van der Waals surface area contributed by atoms with Crippen LogP contribution in [0.4, 0.5) is 0 Å². The largest absolute Gasteiger partial charge is 0.508 e. The van der Waals surface area contributed by atoms with Crippen LogP contribution in [0.1, 0.15) is 43.0 Å². The first-order valence-electron chi connectivity index (χ1n) is 7.02. The second-order valence-electron chi connectivity index (χ2n) is 5.70. The zero-order valence-corrected chi connectivity index (χ0v) is 11.7. The number of hydrogen-bond donors (Lipinski definition) is 4. The van der Waals surface area contributed by atoms with Gasteiger partial charge in [0.15, 0.2) is 0 Å². The molecule has 1 amide bonds. The summed E-state index contributed by atoms with van der Waals surface area (Å²) >= 11 is 0. The summed E-state index contributed by atoms with van der Waals surface area (Å²) in [5.41, 5.74) is 5.75. The molecule has 0 radical (unpaired) electrons. The summed E-state index contributed by atoms with van der Waals surface area (Å²) in [6, 6.07) is 3.87. The normalized spacial score (nSPS) is 26.2. The highest BCUT2D eigenvalue weighted by Crippen LogP contribution is 2.33. The maximum Gasteiger partial charge on any atom is 0.252 e. The van der Waals surface area contributed by atoms with Gasteiger partial charge in [0.25, 0.3) is 5.91 Å². The second kappa shape index (κ2) is 5.71. The van der Waals surface area contributed by atoms with Gasteiger partial charge in [0.2, 0.25) is 0 Å². The van der Waals surface area contributed by atoms with E-state index in [-0.39, 0.29) is 23.0 Å². The molecular weight excluding hydrogens is 256 g/mol. The molecule has 1 aromatic carbocycles. The molecule has 1 aliphatic carbocycles. The Morgan fingerprint density at radius 1 is 1.35 bits per heavy atom. The van der Waals surface area contributed by atoms with Gasteiger partial charge < -0.3 is 21.3 Å². The van der Waals surface area contributed by atoms with E-state index in [1.54, 1.807) is 0 Å². The zero-order chi connectivity index (χ0) is 14.8. The Kier molecular flexibility index (Phi) is 4.18. The van der Waals surface area contributed by atoms with Gasteiger partial charge in [-0.2, -0.15) is 0 Å². The van der Waals surface area contributed by atoms with Gasteiger partial charge >= 0.3 is 0 Å². The zero-order valence-electron chi connectivity index (χ0n) is 11.7. The van der Waals surface area contributed by atoms with Gasteiger partial charge in [-0.15, -0.1) is 0 Å². The number of benzene rings is 1.